The summed E-state index contributed by atoms with van der Waals surface area (Å²) in [5, 5.41) is 4.89. The highest BCUT2D eigenvalue weighted by atomic mass is 32.2. The number of urea groups is 1. The zero-order valence-corrected chi connectivity index (χ0v) is 16.5. The highest BCUT2D eigenvalue weighted by molar-refractivity contribution is 7.89. The first-order valence-electron chi connectivity index (χ1n) is 8.57. The number of nitrogens with one attached hydrogen (secondary N) is 2. The van der Waals surface area contributed by atoms with E-state index in [0.717, 1.165) is 12.1 Å². The smallest absolute Gasteiger partial charge is 0.321 e. The molecule has 1 aromatic carbocycles. The molecule has 0 saturated carbocycles. The second kappa shape index (κ2) is 8.32. The first kappa shape index (κ1) is 21.3. The molecule has 0 unspecified atom stereocenters. The number of carbonyl (C=O) groups excluding carboxylic acids is 2. The monoisotopic (exact) mass is 400 g/mol. The summed E-state index contributed by atoms with van der Waals surface area (Å²) in [6.45, 7) is 6.54. The Balaban J connectivity index is 1.85. The van der Waals surface area contributed by atoms with Gasteiger partial charge >= 0.3 is 6.03 Å². The molecule has 1 aliphatic heterocycles. The van der Waals surface area contributed by atoms with Crippen molar-refractivity contribution in [3.05, 3.63) is 30.1 Å². The Hall–Kier alpha value is -2.04. The number of amides is 3. The molecule has 150 valence electrons. The quantitative estimate of drug-likeness (QED) is 0.777. The number of imide groups is 1. The number of rotatable bonds is 4. The van der Waals surface area contributed by atoms with Crippen LogP contribution in [0.15, 0.2) is 29.2 Å². The summed E-state index contributed by atoms with van der Waals surface area (Å²) < 4.78 is 39.4. The summed E-state index contributed by atoms with van der Waals surface area (Å²) >= 11 is 0. The van der Waals surface area contributed by atoms with Crippen LogP contribution in [-0.2, 0) is 14.8 Å². The van der Waals surface area contributed by atoms with Gasteiger partial charge in [0, 0.05) is 31.7 Å². The Bertz CT molecular complexity index is 782. The molecular weight excluding hydrogens is 375 g/mol. The number of carbonyl (C=O) groups is 2. The van der Waals surface area contributed by atoms with Gasteiger partial charge in [0.25, 0.3) is 0 Å². The van der Waals surface area contributed by atoms with E-state index in [1.165, 1.54) is 16.4 Å². The minimum atomic E-state index is -3.69. The van der Waals surface area contributed by atoms with Gasteiger partial charge in [-0.1, -0.05) is 0 Å². The molecule has 1 aliphatic rings. The van der Waals surface area contributed by atoms with Crippen LogP contribution in [0, 0.1) is 5.82 Å². The molecule has 27 heavy (non-hydrogen) atoms. The van der Waals surface area contributed by atoms with Crippen molar-refractivity contribution < 1.29 is 22.4 Å². The number of piperazine rings is 1. The van der Waals surface area contributed by atoms with Crippen LogP contribution in [-0.4, -0.2) is 67.8 Å². The van der Waals surface area contributed by atoms with Gasteiger partial charge in [-0.2, -0.15) is 4.31 Å². The van der Waals surface area contributed by atoms with E-state index in [-0.39, 0.29) is 24.5 Å². The number of benzene rings is 1. The largest absolute Gasteiger partial charge is 0.333 e. The van der Waals surface area contributed by atoms with Gasteiger partial charge in [-0.3, -0.25) is 15.0 Å². The molecule has 2 N–H and O–H groups in total. The minimum absolute atomic E-state index is 0.00198. The zero-order chi connectivity index (χ0) is 20.2. The molecule has 0 aromatic heterocycles. The summed E-state index contributed by atoms with van der Waals surface area (Å²) in [4.78, 5) is 25.5. The summed E-state index contributed by atoms with van der Waals surface area (Å²) in [6.07, 6.45) is 0. The predicted molar refractivity (Wildman–Crippen MR) is 98.0 cm³/mol. The van der Waals surface area contributed by atoms with E-state index in [1.807, 2.05) is 0 Å². The van der Waals surface area contributed by atoms with Crippen molar-refractivity contribution in [2.75, 3.05) is 32.7 Å². The fraction of sp³-hybridized carbons (Fsp3) is 0.529. The van der Waals surface area contributed by atoms with Crippen LogP contribution in [0.2, 0.25) is 0 Å². The molecule has 1 saturated heterocycles. The van der Waals surface area contributed by atoms with E-state index in [0.29, 0.717) is 13.1 Å². The van der Waals surface area contributed by atoms with Crippen LogP contribution in [0.5, 0.6) is 0 Å². The van der Waals surface area contributed by atoms with E-state index in [1.54, 1.807) is 25.7 Å². The Morgan fingerprint density at radius 1 is 1.07 bits per heavy atom. The van der Waals surface area contributed by atoms with Gasteiger partial charge in [-0.05, 0) is 45.0 Å². The maximum absolute atomic E-state index is 13.0. The van der Waals surface area contributed by atoms with E-state index >= 15 is 0 Å². The van der Waals surface area contributed by atoms with Gasteiger partial charge in [0.05, 0.1) is 11.4 Å². The third-order valence-electron chi connectivity index (χ3n) is 3.89. The van der Waals surface area contributed by atoms with Crippen molar-refractivity contribution in [3.63, 3.8) is 0 Å². The number of hydrogen-bond donors (Lipinski definition) is 2. The minimum Gasteiger partial charge on any atom is -0.333 e. The molecule has 0 atom stereocenters. The Morgan fingerprint density at radius 2 is 1.63 bits per heavy atom. The Morgan fingerprint density at radius 3 is 2.15 bits per heavy atom. The van der Waals surface area contributed by atoms with Gasteiger partial charge in [0.1, 0.15) is 5.82 Å². The van der Waals surface area contributed by atoms with Crippen molar-refractivity contribution in [2.24, 2.45) is 0 Å². The van der Waals surface area contributed by atoms with Gasteiger partial charge in [0.2, 0.25) is 15.9 Å². The van der Waals surface area contributed by atoms with Gasteiger partial charge < -0.3 is 5.32 Å². The van der Waals surface area contributed by atoms with Crippen LogP contribution in [0.1, 0.15) is 20.8 Å². The summed E-state index contributed by atoms with van der Waals surface area (Å²) in [5.41, 5.74) is -0.454. The average Bonchev–Trinajstić information content (AvgIpc) is 2.53. The fourth-order valence-electron chi connectivity index (χ4n) is 2.62. The number of hydrogen-bond acceptors (Lipinski definition) is 5. The SMILES string of the molecule is CC(C)(C)NC(=O)NC(=O)CN1CCN(S(=O)(=O)c2ccc(F)cc2)CC1. The lowest BCUT2D eigenvalue weighted by molar-refractivity contribution is -0.121. The van der Waals surface area contributed by atoms with E-state index in [9.17, 15) is 22.4 Å². The van der Waals surface area contributed by atoms with Crippen LogP contribution in [0.25, 0.3) is 0 Å². The van der Waals surface area contributed by atoms with Crippen molar-refractivity contribution in [3.8, 4) is 0 Å². The normalized spacial score (nSPS) is 16.7. The second-order valence-electron chi connectivity index (χ2n) is 7.39. The van der Waals surface area contributed by atoms with Gasteiger partial charge in [-0.15, -0.1) is 0 Å². The summed E-state index contributed by atoms with van der Waals surface area (Å²) in [5.74, 6) is -0.952. The van der Waals surface area contributed by atoms with Crippen LogP contribution in [0.4, 0.5) is 9.18 Å². The first-order chi connectivity index (χ1) is 12.5. The molecule has 0 aliphatic carbocycles. The van der Waals surface area contributed by atoms with Gasteiger partial charge in [-0.25, -0.2) is 17.6 Å². The van der Waals surface area contributed by atoms with Crippen LogP contribution in [0.3, 0.4) is 0 Å². The molecule has 1 heterocycles. The van der Waals surface area contributed by atoms with Crippen LogP contribution < -0.4 is 10.6 Å². The number of sulfonamides is 1. The third kappa shape index (κ3) is 6.26. The Kier molecular flexibility index (Phi) is 6.55. The van der Waals surface area contributed by atoms with Crippen LogP contribution >= 0.6 is 0 Å². The van der Waals surface area contributed by atoms with E-state index in [2.05, 4.69) is 10.6 Å². The standard InChI is InChI=1S/C17H25FN4O4S/c1-17(2,3)20-16(24)19-15(23)12-21-8-10-22(11-9-21)27(25,26)14-6-4-13(18)5-7-14/h4-7H,8-12H2,1-3H3,(H2,19,20,23,24). The van der Waals surface area contributed by atoms with Gasteiger partial charge in [0.15, 0.2) is 0 Å². The molecule has 8 nitrogen and oxygen atoms in total. The maximum Gasteiger partial charge on any atom is 0.321 e. The molecule has 0 spiro atoms. The molecule has 0 radical (unpaired) electrons. The van der Waals surface area contributed by atoms with Crippen molar-refractivity contribution >= 4 is 22.0 Å². The molecule has 1 fully saturated rings. The van der Waals surface area contributed by atoms with Crippen molar-refractivity contribution in [1.29, 1.82) is 0 Å². The fourth-order valence-corrected chi connectivity index (χ4v) is 4.05. The first-order valence-corrected chi connectivity index (χ1v) is 10.0. The lowest BCUT2D eigenvalue weighted by atomic mass is 10.1. The van der Waals surface area contributed by atoms with Crippen molar-refractivity contribution in [2.45, 2.75) is 31.2 Å². The lowest BCUT2D eigenvalue weighted by Gasteiger charge is -2.33. The average molecular weight is 400 g/mol. The van der Waals surface area contributed by atoms with Crippen molar-refractivity contribution in [1.82, 2.24) is 19.8 Å². The summed E-state index contributed by atoms with van der Waals surface area (Å²) in [7, 11) is -3.69. The molecular formula is C17H25FN4O4S. The second-order valence-corrected chi connectivity index (χ2v) is 9.32. The molecule has 2 rings (SSSR count). The number of halogens is 1. The highest BCUT2D eigenvalue weighted by Gasteiger charge is 2.29. The molecule has 3 amide bonds. The molecule has 0 bridgehead atoms. The topological polar surface area (TPSA) is 98.8 Å². The highest BCUT2D eigenvalue weighted by Crippen LogP contribution is 2.17. The third-order valence-corrected chi connectivity index (χ3v) is 5.80. The van der Waals surface area contributed by atoms with E-state index < -0.39 is 33.3 Å². The Labute approximate surface area is 158 Å². The van der Waals surface area contributed by atoms with E-state index in [4.69, 9.17) is 0 Å². The lowest BCUT2D eigenvalue weighted by Crippen LogP contribution is -2.53. The predicted octanol–water partition coefficient (Wildman–Crippen LogP) is 0.756. The number of nitrogens with zero attached hydrogens (tertiary/aromatic N) is 2. The molecule has 10 heteroatoms. The zero-order valence-electron chi connectivity index (χ0n) is 15.7. The summed E-state index contributed by atoms with van der Waals surface area (Å²) in [6, 6.07) is 4.12. The molecule has 1 aromatic rings. The maximum atomic E-state index is 13.0.